The lowest BCUT2D eigenvalue weighted by Gasteiger charge is -2.07. The van der Waals surface area contributed by atoms with Gasteiger partial charge in [-0.1, -0.05) is 5.21 Å². The number of halogens is 1. The van der Waals surface area contributed by atoms with Crippen LogP contribution < -0.4 is 5.32 Å². The Morgan fingerprint density at radius 1 is 1.42 bits per heavy atom. The van der Waals surface area contributed by atoms with Crippen LogP contribution in [0.5, 0.6) is 0 Å². The SMILES string of the molecule is O=C(Cn1ccnn1)Nc1ccc(Br)c(C(=O)O)c1. The average molecular weight is 325 g/mol. The number of aromatic carboxylic acids is 1. The molecule has 0 aliphatic carbocycles. The number of amides is 1. The van der Waals surface area contributed by atoms with Gasteiger partial charge in [-0.15, -0.1) is 5.10 Å². The maximum absolute atomic E-state index is 11.7. The van der Waals surface area contributed by atoms with Crippen molar-refractivity contribution in [1.29, 1.82) is 0 Å². The van der Waals surface area contributed by atoms with Gasteiger partial charge in [0.05, 0.1) is 11.8 Å². The molecule has 1 aromatic carbocycles. The largest absolute Gasteiger partial charge is 0.478 e. The molecule has 7 nitrogen and oxygen atoms in total. The molecule has 0 bridgehead atoms. The first kappa shape index (κ1) is 13.2. The number of carboxylic acid groups (broad SMARTS) is 1. The summed E-state index contributed by atoms with van der Waals surface area (Å²) in [7, 11) is 0. The number of benzene rings is 1. The number of nitrogens with one attached hydrogen (secondary N) is 1. The van der Waals surface area contributed by atoms with E-state index >= 15 is 0 Å². The fourth-order valence-electron chi connectivity index (χ4n) is 1.43. The molecule has 0 saturated heterocycles. The minimum Gasteiger partial charge on any atom is -0.478 e. The first-order valence-electron chi connectivity index (χ1n) is 5.23. The van der Waals surface area contributed by atoms with E-state index in [0.717, 1.165) is 0 Å². The molecular weight excluding hydrogens is 316 g/mol. The van der Waals surface area contributed by atoms with Gasteiger partial charge in [-0.05, 0) is 34.1 Å². The summed E-state index contributed by atoms with van der Waals surface area (Å²) in [5.41, 5.74) is 0.490. The van der Waals surface area contributed by atoms with E-state index in [9.17, 15) is 9.59 Å². The normalized spacial score (nSPS) is 10.2. The lowest BCUT2D eigenvalue weighted by Crippen LogP contribution is -2.19. The number of aromatic nitrogens is 3. The van der Waals surface area contributed by atoms with Crippen LogP contribution in [-0.2, 0) is 11.3 Å². The Kier molecular flexibility index (Phi) is 3.91. The number of hydrogen-bond donors (Lipinski definition) is 2. The Balaban J connectivity index is 2.09. The van der Waals surface area contributed by atoms with E-state index in [1.165, 1.54) is 16.9 Å². The zero-order valence-electron chi connectivity index (χ0n) is 9.58. The van der Waals surface area contributed by atoms with Crippen molar-refractivity contribution in [3.05, 3.63) is 40.6 Å². The Morgan fingerprint density at radius 3 is 2.84 bits per heavy atom. The summed E-state index contributed by atoms with van der Waals surface area (Å²) in [4.78, 5) is 22.6. The fraction of sp³-hybridized carbons (Fsp3) is 0.0909. The quantitative estimate of drug-likeness (QED) is 0.885. The van der Waals surface area contributed by atoms with Gasteiger partial charge in [0, 0.05) is 16.4 Å². The van der Waals surface area contributed by atoms with Gasteiger partial charge >= 0.3 is 5.97 Å². The third kappa shape index (κ3) is 3.38. The molecule has 0 spiro atoms. The van der Waals surface area contributed by atoms with Gasteiger partial charge in [0.2, 0.25) is 5.91 Å². The molecule has 0 atom stereocenters. The lowest BCUT2D eigenvalue weighted by atomic mass is 10.2. The molecule has 1 amide bonds. The number of carbonyl (C=O) groups excluding carboxylic acids is 1. The van der Waals surface area contributed by atoms with Crippen LogP contribution in [0.4, 0.5) is 5.69 Å². The van der Waals surface area contributed by atoms with E-state index in [0.29, 0.717) is 10.2 Å². The Labute approximate surface area is 116 Å². The van der Waals surface area contributed by atoms with Crippen LogP contribution in [0.25, 0.3) is 0 Å². The van der Waals surface area contributed by atoms with Gasteiger partial charge in [0.25, 0.3) is 0 Å². The molecule has 0 saturated carbocycles. The van der Waals surface area contributed by atoms with Gasteiger partial charge in [0.1, 0.15) is 6.54 Å². The summed E-state index contributed by atoms with van der Waals surface area (Å²) >= 11 is 3.13. The Morgan fingerprint density at radius 2 is 2.21 bits per heavy atom. The predicted molar refractivity (Wildman–Crippen MR) is 69.8 cm³/mol. The maximum atomic E-state index is 11.7. The third-order valence-electron chi connectivity index (χ3n) is 2.26. The van der Waals surface area contributed by atoms with Crippen LogP contribution in [0.3, 0.4) is 0 Å². The topological polar surface area (TPSA) is 97.1 Å². The van der Waals surface area contributed by atoms with Gasteiger partial charge in [-0.3, -0.25) is 4.79 Å². The minimum atomic E-state index is -1.07. The highest BCUT2D eigenvalue weighted by molar-refractivity contribution is 9.10. The molecule has 19 heavy (non-hydrogen) atoms. The number of carbonyl (C=O) groups is 2. The van der Waals surface area contributed by atoms with E-state index in [1.54, 1.807) is 18.3 Å². The molecule has 8 heteroatoms. The Bertz CT molecular complexity index is 612. The lowest BCUT2D eigenvalue weighted by molar-refractivity contribution is -0.116. The van der Waals surface area contributed by atoms with Gasteiger partial charge < -0.3 is 10.4 Å². The number of rotatable bonds is 4. The molecular formula is C11H9BrN4O3. The first-order chi connectivity index (χ1) is 9.06. The average Bonchev–Trinajstić information content (AvgIpc) is 2.84. The van der Waals surface area contributed by atoms with Gasteiger partial charge in [-0.2, -0.15) is 0 Å². The summed E-state index contributed by atoms with van der Waals surface area (Å²) in [6, 6.07) is 4.55. The number of nitrogens with zero attached hydrogens (tertiary/aromatic N) is 3. The van der Waals surface area contributed by atoms with Crippen LogP contribution in [0.1, 0.15) is 10.4 Å². The molecule has 0 fully saturated rings. The number of hydrogen-bond acceptors (Lipinski definition) is 4. The second-order valence-corrected chi connectivity index (χ2v) is 4.50. The predicted octanol–water partition coefficient (Wildman–Crippen LogP) is 1.38. The van der Waals surface area contributed by atoms with Crippen molar-refractivity contribution >= 4 is 33.5 Å². The van der Waals surface area contributed by atoms with Crippen molar-refractivity contribution in [2.75, 3.05) is 5.32 Å². The Hall–Kier alpha value is -2.22. The van der Waals surface area contributed by atoms with Crippen LogP contribution in [0.15, 0.2) is 35.1 Å². The van der Waals surface area contributed by atoms with Gasteiger partial charge in [-0.25, -0.2) is 9.48 Å². The van der Waals surface area contributed by atoms with Crippen molar-refractivity contribution in [3.63, 3.8) is 0 Å². The number of anilines is 1. The highest BCUT2D eigenvalue weighted by atomic mass is 79.9. The minimum absolute atomic E-state index is 0.0124. The van der Waals surface area contributed by atoms with E-state index < -0.39 is 5.97 Å². The fourth-order valence-corrected chi connectivity index (χ4v) is 1.85. The molecule has 2 N–H and O–H groups in total. The van der Waals surface area contributed by atoms with E-state index in [2.05, 4.69) is 31.6 Å². The number of carboxylic acids is 1. The first-order valence-corrected chi connectivity index (χ1v) is 6.02. The monoisotopic (exact) mass is 324 g/mol. The zero-order chi connectivity index (χ0) is 13.8. The molecule has 2 aromatic rings. The van der Waals surface area contributed by atoms with Crippen molar-refractivity contribution in [2.45, 2.75) is 6.54 Å². The summed E-state index contributed by atoms with van der Waals surface area (Å²) < 4.78 is 1.82. The zero-order valence-corrected chi connectivity index (χ0v) is 11.2. The molecule has 98 valence electrons. The summed E-state index contributed by atoms with van der Waals surface area (Å²) in [6.45, 7) is 0.0124. The van der Waals surface area contributed by atoms with Crippen molar-refractivity contribution in [3.8, 4) is 0 Å². The van der Waals surface area contributed by atoms with Crippen molar-refractivity contribution < 1.29 is 14.7 Å². The summed E-state index contributed by atoms with van der Waals surface area (Å²) in [5, 5.41) is 18.8. The molecule has 0 unspecified atom stereocenters. The van der Waals surface area contributed by atoms with E-state index in [1.807, 2.05) is 0 Å². The third-order valence-corrected chi connectivity index (χ3v) is 2.95. The van der Waals surface area contributed by atoms with Crippen LogP contribution >= 0.6 is 15.9 Å². The molecule has 1 heterocycles. The molecule has 2 rings (SSSR count). The highest BCUT2D eigenvalue weighted by Gasteiger charge is 2.10. The highest BCUT2D eigenvalue weighted by Crippen LogP contribution is 2.21. The van der Waals surface area contributed by atoms with Crippen LogP contribution in [0, 0.1) is 0 Å². The smallest absolute Gasteiger partial charge is 0.336 e. The summed E-state index contributed by atoms with van der Waals surface area (Å²) in [6.07, 6.45) is 3.03. The van der Waals surface area contributed by atoms with E-state index in [4.69, 9.17) is 5.11 Å². The molecule has 1 aromatic heterocycles. The molecule has 0 aliphatic rings. The second-order valence-electron chi connectivity index (χ2n) is 3.65. The van der Waals surface area contributed by atoms with Crippen LogP contribution in [0.2, 0.25) is 0 Å². The van der Waals surface area contributed by atoms with E-state index in [-0.39, 0.29) is 18.0 Å². The maximum Gasteiger partial charge on any atom is 0.336 e. The molecule has 0 radical (unpaired) electrons. The second kappa shape index (κ2) is 5.61. The van der Waals surface area contributed by atoms with Crippen LogP contribution in [-0.4, -0.2) is 32.0 Å². The van der Waals surface area contributed by atoms with Crippen molar-refractivity contribution in [2.24, 2.45) is 0 Å². The standard InChI is InChI=1S/C11H9BrN4O3/c12-9-2-1-7(5-8(9)11(18)19)14-10(17)6-16-4-3-13-15-16/h1-5H,6H2,(H,14,17)(H,18,19). The van der Waals surface area contributed by atoms with Gasteiger partial charge in [0.15, 0.2) is 0 Å². The summed E-state index contributed by atoms with van der Waals surface area (Å²) in [5.74, 6) is -1.39. The molecule has 0 aliphatic heterocycles. The van der Waals surface area contributed by atoms with Crippen molar-refractivity contribution in [1.82, 2.24) is 15.0 Å².